The summed E-state index contributed by atoms with van der Waals surface area (Å²) in [6, 6.07) is 15.1. The highest BCUT2D eigenvalue weighted by Gasteiger charge is 2.16. The Balaban J connectivity index is 2.06. The van der Waals surface area contributed by atoms with Crippen molar-refractivity contribution in [2.24, 2.45) is 0 Å². The molecule has 0 amide bonds. The van der Waals surface area contributed by atoms with Crippen molar-refractivity contribution in [2.75, 3.05) is 7.11 Å². The van der Waals surface area contributed by atoms with Gasteiger partial charge in [0.25, 0.3) is 0 Å². The Morgan fingerprint density at radius 2 is 1.88 bits per heavy atom. The van der Waals surface area contributed by atoms with Crippen LogP contribution in [0.5, 0.6) is 5.75 Å². The molecule has 0 radical (unpaired) electrons. The largest absolute Gasteiger partial charge is 0.496 e. The smallest absolute Gasteiger partial charge is 0.129 e. The summed E-state index contributed by atoms with van der Waals surface area (Å²) in [6.07, 6.45) is 0.284. The molecule has 0 fully saturated rings. The standard InChI is InChI=1S/C20H14Cl2O2S/c1-24-19-8-7-13(20-6-3-9-25-20)10-15(19)14(12-23)11-16-17(21)4-2-5-18(16)22/h2-10H,11H2,1H3. The molecule has 126 valence electrons. The molecule has 0 aliphatic rings. The number of allylic oxidation sites excluding steroid dienone is 1. The molecule has 0 aliphatic carbocycles. The van der Waals surface area contributed by atoms with E-state index in [0.29, 0.717) is 32.5 Å². The van der Waals surface area contributed by atoms with Crippen LogP contribution in [0.15, 0.2) is 53.9 Å². The average Bonchev–Trinajstić information content (AvgIpc) is 3.16. The Morgan fingerprint density at radius 3 is 2.48 bits per heavy atom. The van der Waals surface area contributed by atoms with Crippen molar-refractivity contribution in [3.63, 3.8) is 0 Å². The first-order valence-corrected chi connectivity index (χ1v) is 9.16. The molecule has 1 aromatic heterocycles. The van der Waals surface area contributed by atoms with Gasteiger partial charge in [0.05, 0.1) is 12.7 Å². The van der Waals surface area contributed by atoms with E-state index in [1.807, 2.05) is 41.7 Å². The molecular weight excluding hydrogens is 375 g/mol. The van der Waals surface area contributed by atoms with Crippen LogP contribution in [0.1, 0.15) is 11.1 Å². The lowest BCUT2D eigenvalue weighted by Gasteiger charge is -2.13. The van der Waals surface area contributed by atoms with Crippen LogP contribution in [0.3, 0.4) is 0 Å². The number of halogens is 2. The molecule has 25 heavy (non-hydrogen) atoms. The molecule has 2 nitrogen and oxygen atoms in total. The maximum absolute atomic E-state index is 11.7. The quantitative estimate of drug-likeness (QED) is 0.487. The van der Waals surface area contributed by atoms with Crippen molar-refractivity contribution in [2.45, 2.75) is 6.42 Å². The van der Waals surface area contributed by atoms with Crippen molar-refractivity contribution >= 4 is 46.1 Å². The van der Waals surface area contributed by atoms with Crippen molar-refractivity contribution < 1.29 is 9.53 Å². The topological polar surface area (TPSA) is 26.3 Å². The molecule has 3 rings (SSSR count). The molecule has 0 saturated carbocycles. The number of benzene rings is 2. The third kappa shape index (κ3) is 3.81. The number of hydrogen-bond acceptors (Lipinski definition) is 3. The van der Waals surface area contributed by atoms with E-state index in [1.54, 1.807) is 36.6 Å². The third-order valence-corrected chi connectivity index (χ3v) is 5.50. The van der Waals surface area contributed by atoms with Crippen LogP contribution in [0, 0.1) is 0 Å². The van der Waals surface area contributed by atoms with Crippen LogP contribution in [0.4, 0.5) is 0 Å². The normalized spacial score (nSPS) is 10.4. The Labute approximate surface area is 160 Å². The maximum Gasteiger partial charge on any atom is 0.129 e. The second-order valence-electron chi connectivity index (χ2n) is 5.35. The zero-order chi connectivity index (χ0) is 17.8. The van der Waals surface area contributed by atoms with Crippen molar-refractivity contribution in [1.29, 1.82) is 0 Å². The van der Waals surface area contributed by atoms with E-state index in [1.165, 1.54) is 0 Å². The zero-order valence-corrected chi connectivity index (χ0v) is 15.7. The van der Waals surface area contributed by atoms with Gasteiger partial charge in [0.15, 0.2) is 0 Å². The highest BCUT2D eigenvalue weighted by molar-refractivity contribution is 7.13. The van der Waals surface area contributed by atoms with Crippen LogP contribution in [-0.2, 0) is 11.2 Å². The minimum Gasteiger partial charge on any atom is -0.496 e. The summed E-state index contributed by atoms with van der Waals surface area (Å²) < 4.78 is 5.44. The number of carbonyl (C=O) groups excluding carboxylic acids is 1. The Morgan fingerprint density at radius 1 is 1.12 bits per heavy atom. The second kappa shape index (κ2) is 7.90. The summed E-state index contributed by atoms with van der Waals surface area (Å²) in [5.74, 6) is 2.65. The second-order valence-corrected chi connectivity index (χ2v) is 7.11. The third-order valence-electron chi connectivity index (χ3n) is 3.87. The van der Waals surface area contributed by atoms with Gasteiger partial charge < -0.3 is 4.74 Å². The summed E-state index contributed by atoms with van der Waals surface area (Å²) in [4.78, 5) is 12.8. The first kappa shape index (κ1) is 17.8. The minimum atomic E-state index is 0.284. The number of hydrogen-bond donors (Lipinski definition) is 0. The fourth-order valence-electron chi connectivity index (χ4n) is 2.60. The molecule has 3 aromatic rings. The van der Waals surface area contributed by atoms with Crippen molar-refractivity contribution in [3.05, 3.63) is 75.1 Å². The highest BCUT2D eigenvalue weighted by Crippen LogP contribution is 2.35. The molecule has 0 spiro atoms. The van der Waals surface area contributed by atoms with Crippen molar-refractivity contribution in [3.8, 4) is 16.2 Å². The summed E-state index contributed by atoms with van der Waals surface area (Å²) >= 11 is 14.1. The van der Waals surface area contributed by atoms with Gasteiger partial charge in [0.1, 0.15) is 11.7 Å². The Hall–Kier alpha value is -2.03. The van der Waals surface area contributed by atoms with Crippen LogP contribution in [0.2, 0.25) is 10.0 Å². The average molecular weight is 389 g/mol. The van der Waals surface area contributed by atoms with Gasteiger partial charge >= 0.3 is 0 Å². The van der Waals surface area contributed by atoms with Crippen molar-refractivity contribution in [1.82, 2.24) is 0 Å². The molecule has 5 heteroatoms. The van der Waals surface area contributed by atoms with E-state index in [2.05, 4.69) is 0 Å². The maximum atomic E-state index is 11.7. The number of thiophene rings is 1. The molecular formula is C20H14Cl2O2S. The molecule has 0 bridgehead atoms. The molecule has 0 aliphatic heterocycles. The van der Waals surface area contributed by atoms with E-state index in [9.17, 15) is 4.79 Å². The molecule has 2 aromatic carbocycles. The SMILES string of the molecule is COc1ccc(-c2cccs2)cc1C(=C=O)Cc1c(Cl)cccc1Cl. The lowest BCUT2D eigenvalue weighted by molar-refractivity contribution is 0.413. The van der Waals surface area contributed by atoms with Gasteiger partial charge in [0.2, 0.25) is 0 Å². The molecule has 0 unspecified atom stereocenters. The summed E-state index contributed by atoms with van der Waals surface area (Å²) in [7, 11) is 1.58. The van der Waals surface area contributed by atoms with Crippen LogP contribution < -0.4 is 4.74 Å². The van der Waals surface area contributed by atoms with Gasteiger partial charge in [-0.1, -0.05) is 35.3 Å². The lowest BCUT2D eigenvalue weighted by Crippen LogP contribution is -1.98. The molecule has 0 atom stereocenters. The van der Waals surface area contributed by atoms with Gasteiger partial charge in [-0.05, 0) is 52.9 Å². The minimum absolute atomic E-state index is 0.284. The highest BCUT2D eigenvalue weighted by atomic mass is 35.5. The van der Waals surface area contributed by atoms with Crippen LogP contribution in [0.25, 0.3) is 16.0 Å². The molecule has 1 heterocycles. The van der Waals surface area contributed by atoms with Gasteiger partial charge in [-0.15, -0.1) is 11.3 Å². The lowest BCUT2D eigenvalue weighted by atomic mass is 9.96. The van der Waals surface area contributed by atoms with E-state index in [0.717, 1.165) is 10.4 Å². The summed E-state index contributed by atoms with van der Waals surface area (Å²) in [6.45, 7) is 0. The predicted molar refractivity (Wildman–Crippen MR) is 106 cm³/mol. The summed E-state index contributed by atoms with van der Waals surface area (Å²) in [5.41, 5.74) is 2.86. The van der Waals surface area contributed by atoms with E-state index >= 15 is 0 Å². The number of ether oxygens (including phenoxy) is 1. The number of methoxy groups -OCH3 is 1. The summed E-state index contributed by atoms with van der Waals surface area (Å²) in [5, 5.41) is 3.06. The van der Waals surface area contributed by atoms with Gasteiger partial charge in [-0.2, -0.15) is 0 Å². The Bertz CT molecular complexity index is 922. The van der Waals surface area contributed by atoms with E-state index < -0.39 is 0 Å². The first-order chi connectivity index (χ1) is 12.1. The predicted octanol–water partition coefficient (Wildman–Crippen LogP) is 6.19. The fourth-order valence-corrected chi connectivity index (χ4v) is 3.86. The van der Waals surface area contributed by atoms with E-state index in [4.69, 9.17) is 27.9 Å². The fraction of sp³-hybridized carbons (Fsp3) is 0.100. The zero-order valence-electron chi connectivity index (χ0n) is 13.4. The van der Waals surface area contributed by atoms with Crippen LogP contribution in [-0.4, -0.2) is 13.1 Å². The Kier molecular flexibility index (Phi) is 5.62. The molecule has 0 N–H and O–H groups in total. The monoisotopic (exact) mass is 388 g/mol. The van der Waals surface area contributed by atoms with Crippen LogP contribution >= 0.6 is 34.5 Å². The first-order valence-electron chi connectivity index (χ1n) is 7.53. The number of rotatable bonds is 5. The molecule has 0 saturated heterocycles. The van der Waals surface area contributed by atoms with Gasteiger partial charge in [-0.25, -0.2) is 4.79 Å². The van der Waals surface area contributed by atoms with Gasteiger partial charge in [0, 0.05) is 26.9 Å². The van der Waals surface area contributed by atoms with E-state index in [-0.39, 0.29) is 6.42 Å². The van der Waals surface area contributed by atoms with Gasteiger partial charge in [-0.3, -0.25) is 0 Å².